The Kier molecular flexibility index (Phi) is 5.07. The van der Waals surface area contributed by atoms with Crippen molar-refractivity contribution in [1.29, 1.82) is 0 Å². The van der Waals surface area contributed by atoms with Crippen molar-refractivity contribution in [3.63, 3.8) is 0 Å². The molecule has 0 spiro atoms. The second-order valence-electron chi connectivity index (χ2n) is 4.38. The fourth-order valence-electron chi connectivity index (χ4n) is 1.70. The van der Waals surface area contributed by atoms with Gasteiger partial charge in [0.15, 0.2) is 0 Å². The Hall–Kier alpha value is -2.02. The van der Waals surface area contributed by atoms with Crippen molar-refractivity contribution in [2.45, 2.75) is 12.8 Å². The number of carbonyl (C=O) groups excluding carboxylic acids is 1. The molecule has 7 heteroatoms. The van der Waals surface area contributed by atoms with E-state index in [1.54, 1.807) is 12.1 Å². The van der Waals surface area contributed by atoms with Crippen LogP contribution in [-0.4, -0.2) is 6.09 Å². The summed E-state index contributed by atoms with van der Waals surface area (Å²) in [6.45, 7) is 0.0779. The molecular formula is C15H11BrF3NO2. The molecule has 1 amide bonds. The number of ether oxygens (including phenoxy) is 1. The number of amides is 1. The Balaban J connectivity index is 1.96. The maximum atomic E-state index is 12.6. The number of carbonyl (C=O) groups is 1. The second-order valence-corrected chi connectivity index (χ2v) is 5.23. The van der Waals surface area contributed by atoms with E-state index in [0.29, 0.717) is 0 Å². The lowest BCUT2D eigenvalue weighted by atomic mass is 10.2. The summed E-state index contributed by atoms with van der Waals surface area (Å²) in [5, 5.41) is 2.37. The third kappa shape index (κ3) is 4.49. The highest BCUT2D eigenvalue weighted by molar-refractivity contribution is 9.10. The number of hydrogen-bond donors (Lipinski definition) is 1. The molecular weight excluding hydrogens is 363 g/mol. The Labute approximate surface area is 133 Å². The van der Waals surface area contributed by atoms with Crippen molar-refractivity contribution in [3.05, 3.63) is 64.1 Å². The highest BCUT2D eigenvalue weighted by Gasteiger charge is 2.32. The van der Waals surface area contributed by atoms with Gasteiger partial charge in [0.2, 0.25) is 0 Å². The van der Waals surface area contributed by atoms with E-state index in [-0.39, 0.29) is 16.8 Å². The second kappa shape index (κ2) is 6.83. The molecule has 0 unspecified atom stereocenters. The summed E-state index contributed by atoms with van der Waals surface area (Å²) in [6.07, 6.45) is -5.19. The average molecular weight is 374 g/mol. The van der Waals surface area contributed by atoms with Gasteiger partial charge >= 0.3 is 12.3 Å². The maximum Gasteiger partial charge on any atom is 0.417 e. The van der Waals surface area contributed by atoms with Crippen LogP contribution in [0.25, 0.3) is 0 Å². The molecule has 116 valence electrons. The van der Waals surface area contributed by atoms with Crippen LogP contribution in [0.4, 0.5) is 23.7 Å². The smallest absolute Gasteiger partial charge is 0.417 e. The summed E-state index contributed by atoms with van der Waals surface area (Å²) in [7, 11) is 0. The van der Waals surface area contributed by atoms with Gasteiger partial charge in [-0.1, -0.05) is 46.3 Å². The summed E-state index contributed by atoms with van der Waals surface area (Å²) in [5.74, 6) is 0. The van der Waals surface area contributed by atoms with Gasteiger partial charge in [-0.25, -0.2) is 4.79 Å². The summed E-state index contributed by atoms with van der Waals surface area (Å²) in [6, 6.07) is 12.3. The van der Waals surface area contributed by atoms with Crippen LogP contribution in [0.3, 0.4) is 0 Å². The molecule has 0 aromatic heterocycles. The molecule has 0 aliphatic rings. The van der Waals surface area contributed by atoms with Gasteiger partial charge in [-0.3, -0.25) is 5.32 Å². The number of nitrogens with one attached hydrogen (secondary N) is 1. The Morgan fingerprint density at radius 2 is 1.82 bits per heavy atom. The highest BCUT2D eigenvalue weighted by Crippen LogP contribution is 2.36. The summed E-state index contributed by atoms with van der Waals surface area (Å²) in [4.78, 5) is 11.6. The molecule has 0 radical (unpaired) electrons. The molecule has 22 heavy (non-hydrogen) atoms. The molecule has 0 aliphatic carbocycles. The van der Waals surface area contributed by atoms with Gasteiger partial charge in [-0.2, -0.15) is 13.2 Å². The molecule has 0 bridgehead atoms. The van der Waals surface area contributed by atoms with Crippen LogP contribution in [-0.2, 0) is 17.5 Å². The van der Waals surface area contributed by atoms with Crippen LogP contribution in [0.5, 0.6) is 0 Å². The van der Waals surface area contributed by atoms with E-state index in [4.69, 9.17) is 4.74 Å². The molecule has 0 saturated carbocycles. The monoisotopic (exact) mass is 373 g/mol. The first kappa shape index (κ1) is 16.4. The standard InChI is InChI=1S/C15H11BrF3NO2/c16-13-8-11(6-7-12(13)15(17,18)19)20-14(21)22-9-10-4-2-1-3-5-10/h1-8H,9H2,(H,20,21). The molecule has 2 aromatic carbocycles. The molecule has 2 rings (SSSR count). The Morgan fingerprint density at radius 1 is 1.14 bits per heavy atom. The van der Waals surface area contributed by atoms with E-state index in [1.165, 1.54) is 6.07 Å². The van der Waals surface area contributed by atoms with E-state index in [1.807, 2.05) is 18.2 Å². The van der Waals surface area contributed by atoms with Crippen molar-refractivity contribution in [1.82, 2.24) is 0 Å². The minimum absolute atomic E-state index is 0.0779. The van der Waals surface area contributed by atoms with Crippen molar-refractivity contribution in [2.24, 2.45) is 0 Å². The first-order valence-corrected chi connectivity index (χ1v) is 7.00. The van der Waals surface area contributed by atoms with E-state index in [9.17, 15) is 18.0 Å². The fourth-order valence-corrected chi connectivity index (χ4v) is 2.30. The van der Waals surface area contributed by atoms with E-state index in [0.717, 1.165) is 17.7 Å². The number of alkyl halides is 3. The summed E-state index contributed by atoms with van der Waals surface area (Å²) >= 11 is 2.84. The Morgan fingerprint density at radius 3 is 2.41 bits per heavy atom. The lowest BCUT2D eigenvalue weighted by molar-refractivity contribution is -0.138. The van der Waals surface area contributed by atoms with E-state index >= 15 is 0 Å². The normalized spacial score (nSPS) is 11.1. The van der Waals surface area contributed by atoms with Crippen molar-refractivity contribution >= 4 is 27.7 Å². The van der Waals surface area contributed by atoms with Gasteiger partial charge in [0.05, 0.1) is 5.56 Å². The molecule has 1 N–H and O–H groups in total. The average Bonchev–Trinajstić information content (AvgIpc) is 2.45. The number of anilines is 1. The fraction of sp³-hybridized carbons (Fsp3) is 0.133. The minimum atomic E-state index is -4.45. The van der Waals surface area contributed by atoms with Gasteiger partial charge in [0.25, 0.3) is 0 Å². The molecule has 3 nitrogen and oxygen atoms in total. The third-order valence-corrected chi connectivity index (χ3v) is 3.39. The third-order valence-electron chi connectivity index (χ3n) is 2.73. The lowest BCUT2D eigenvalue weighted by Gasteiger charge is -2.11. The molecule has 0 aliphatic heterocycles. The molecule has 0 heterocycles. The number of halogens is 4. The summed E-state index contributed by atoms with van der Waals surface area (Å²) in [5.41, 5.74) is 0.208. The van der Waals surface area contributed by atoms with Crippen molar-refractivity contribution in [3.8, 4) is 0 Å². The van der Waals surface area contributed by atoms with Gasteiger partial charge in [-0.05, 0) is 23.8 Å². The number of rotatable bonds is 3. The van der Waals surface area contributed by atoms with Gasteiger partial charge in [0.1, 0.15) is 6.61 Å². The molecule has 0 atom stereocenters. The van der Waals surface area contributed by atoms with Crippen molar-refractivity contribution < 1.29 is 22.7 Å². The lowest BCUT2D eigenvalue weighted by Crippen LogP contribution is -2.14. The Bertz CT molecular complexity index is 660. The first-order chi connectivity index (χ1) is 10.4. The topological polar surface area (TPSA) is 38.3 Å². The SMILES string of the molecule is O=C(Nc1ccc(C(F)(F)F)c(Br)c1)OCc1ccccc1. The number of benzene rings is 2. The predicted molar refractivity (Wildman–Crippen MR) is 79.4 cm³/mol. The van der Waals surface area contributed by atoms with E-state index in [2.05, 4.69) is 21.2 Å². The highest BCUT2D eigenvalue weighted by atomic mass is 79.9. The molecule has 0 saturated heterocycles. The maximum absolute atomic E-state index is 12.6. The molecule has 2 aromatic rings. The quantitative estimate of drug-likeness (QED) is 0.801. The van der Waals surface area contributed by atoms with Crippen LogP contribution in [0.2, 0.25) is 0 Å². The van der Waals surface area contributed by atoms with Crippen LogP contribution in [0.1, 0.15) is 11.1 Å². The van der Waals surface area contributed by atoms with Gasteiger partial charge < -0.3 is 4.74 Å². The van der Waals surface area contributed by atoms with Crippen LogP contribution in [0.15, 0.2) is 53.0 Å². The van der Waals surface area contributed by atoms with E-state index < -0.39 is 17.8 Å². The zero-order valence-corrected chi connectivity index (χ0v) is 12.7. The largest absolute Gasteiger partial charge is 0.444 e. The van der Waals surface area contributed by atoms with Crippen LogP contribution >= 0.6 is 15.9 Å². The predicted octanol–water partition coefficient (Wildman–Crippen LogP) is 5.22. The zero-order valence-electron chi connectivity index (χ0n) is 11.2. The van der Waals surface area contributed by atoms with Gasteiger partial charge in [-0.15, -0.1) is 0 Å². The van der Waals surface area contributed by atoms with Crippen LogP contribution in [0, 0.1) is 0 Å². The molecule has 0 fully saturated rings. The minimum Gasteiger partial charge on any atom is -0.444 e. The summed E-state index contributed by atoms with van der Waals surface area (Å²) < 4.78 is 42.7. The van der Waals surface area contributed by atoms with Gasteiger partial charge in [0, 0.05) is 10.2 Å². The van der Waals surface area contributed by atoms with Crippen LogP contribution < -0.4 is 5.32 Å². The van der Waals surface area contributed by atoms with Crippen molar-refractivity contribution in [2.75, 3.05) is 5.32 Å². The first-order valence-electron chi connectivity index (χ1n) is 6.21. The number of hydrogen-bond acceptors (Lipinski definition) is 2. The zero-order chi connectivity index (χ0) is 16.2.